The molecule has 108 valence electrons. The Labute approximate surface area is 113 Å². The van der Waals surface area contributed by atoms with Crippen molar-refractivity contribution in [1.82, 2.24) is 10.2 Å². The Kier molecular flexibility index (Phi) is 6.61. The van der Waals surface area contributed by atoms with Crippen molar-refractivity contribution >= 4 is 0 Å². The van der Waals surface area contributed by atoms with Crippen LogP contribution in [0.25, 0.3) is 0 Å². The SMILES string of the molecule is CCCNC(C)C1CCCN(CCC(C)(C)O)C1. The Balaban J connectivity index is 2.31. The van der Waals surface area contributed by atoms with E-state index in [1.54, 1.807) is 0 Å². The molecule has 0 amide bonds. The van der Waals surface area contributed by atoms with Gasteiger partial charge >= 0.3 is 0 Å². The third-order valence-corrected chi connectivity index (χ3v) is 4.01. The first-order chi connectivity index (χ1) is 8.42. The molecule has 1 fully saturated rings. The van der Waals surface area contributed by atoms with Crippen molar-refractivity contribution in [1.29, 1.82) is 0 Å². The fraction of sp³-hybridized carbons (Fsp3) is 1.00. The minimum absolute atomic E-state index is 0.529. The molecule has 0 bridgehead atoms. The van der Waals surface area contributed by atoms with Gasteiger partial charge in [0.2, 0.25) is 0 Å². The van der Waals surface area contributed by atoms with E-state index in [0.717, 1.165) is 25.4 Å². The molecule has 1 aliphatic heterocycles. The fourth-order valence-electron chi connectivity index (χ4n) is 2.67. The van der Waals surface area contributed by atoms with Gasteiger partial charge in [-0.2, -0.15) is 0 Å². The van der Waals surface area contributed by atoms with Gasteiger partial charge in [0.05, 0.1) is 5.60 Å². The monoisotopic (exact) mass is 256 g/mol. The maximum absolute atomic E-state index is 9.80. The number of rotatable bonds is 7. The van der Waals surface area contributed by atoms with Crippen molar-refractivity contribution in [3.8, 4) is 0 Å². The summed E-state index contributed by atoms with van der Waals surface area (Å²) < 4.78 is 0. The Hall–Kier alpha value is -0.120. The van der Waals surface area contributed by atoms with Crippen LogP contribution in [-0.4, -0.2) is 47.8 Å². The quantitative estimate of drug-likeness (QED) is 0.733. The van der Waals surface area contributed by atoms with Crippen LogP contribution < -0.4 is 5.32 Å². The zero-order valence-electron chi connectivity index (χ0n) is 12.7. The van der Waals surface area contributed by atoms with Crippen LogP contribution in [0.3, 0.4) is 0 Å². The second-order valence-corrected chi connectivity index (χ2v) is 6.51. The molecule has 18 heavy (non-hydrogen) atoms. The van der Waals surface area contributed by atoms with E-state index >= 15 is 0 Å². The van der Waals surface area contributed by atoms with E-state index in [0.29, 0.717) is 6.04 Å². The number of hydrogen-bond acceptors (Lipinski definition) is 3. The molecule has 3 nitrogen and oxygen atoms in total. The minimum Gasteiger partial charge on any atom is -0.390 e. The third kappa shape index (κ3) is 6.17. The molecule has 2 N–H and O–H groups in total. The van der Waals surface area contributed by atoms with Crippen LogP contribution in [-0.2, 0) is 0 Å². The molecular formula is C15H32N2O. The Morgan fingerprint density at radius 1 is 1.44 bits per heavy atom. The predicted octanol–water partition coefficient (Wildman–Crippen LogP) is 2.25. The normalized spacial score (nSPS) is 24.2. The minimum atomic E-state index is -0.529. The molecule has 0 aliphatic carbocycles. The number of nitrogens with zero attached hydrogens (tertiary/aromatic N) is 1. The molecule has 0 aromatic rings. The van der Waals surface area contributed by atoms with E-state index in [4.69, 9.17) is 0 Å². The largest absolute Gasteiger partial charge is 0.390 e. The first kappa shape index (κ1) is 15.9. The second-order valence-electron chi connectivity index (χ2n) is 6.51. The Bertz CT molecular complexity index is 225. The van der Waals surface area contributed by atoms with Gasteiger partial charge in [0.25, 0.3) is 0 Å². The zero-order chi connectivity index (χ0) is 13.6. The lowest BCUT2D eigenvalue weighted by Crippen LogP contribution is -2.45. The molecule has 3 heteroatoms. The summed E-state index contributed by atoms with van der Waals surface area (Å²) in [6.45, 7) is 12.9. The highest BCUT2D eigenvalue weighted by atomic mass is 16.3. The molecule has 0 spiro atoms. The maximum atomic E-state index is 9.80. The van der Waals surface area contributed by atoms with Gasteiger partial charge in [0.1, 0.15) is 0 Å². The smallest absolute Gasteiger partial charge is 0.0603 e. The molecule has 0 aromatic carbocycles. The molecular weight excluding hydrogens is 224 g/mol. The topological polar surface area (TPSA) is 35.5 Å². The van der Waals surface area contributed by atoms with Crippen LogP contribution in [0.1, 0.15) is 53.4 Å². The highest BCUT2D eigenvalue weighted by Crippen LogP contribution is 2.21. The van der Waals surface area contributed by atoms with Crippen molar-refractivity contribution in [2.24, 2.45) is 5.92 Å². The van der Waals surface area contributed by atoms with Gasteiger partial charge in [-0.3, -0.25) is 0 Å². The third-order valence-electron chi connectivity index (χ3n) is 4.01. The molecule has 1 rings (SSSR count). The van der Waals surface area contributed by atoms with E-state index in [9.17, 15) is 5.11 Å². The second kappa shape index (κ2) is 7.46. The summed E-state index contributed by atoms with van der Waals surface area (Å²) in [5, 5.41) is 13.4. The molecule has 1 saturated heterocycles. The molecule has 0 aromatic heterocycles. The van der Waals surface area contributed by atoms with E-state index in [1.807, 2.05) is 13.8 Å². The van der Waals surface area contributed by atoms with Crippen LogP contribution in [0.2, 0.25) is 0 Å². The molecule has 2 unspecified atom stereocenters. The van der Waals surface area contributed by atoms with Crippen molar-refractivity contribution in [2.75, 3.05) is 26.2 Å². The zero-order valence-corrected chi connectivity index (χ0v) is 12.7. The van der Waals surface area contributed by atoms with E-state index in [-0.39, 0.29) is 0 Å². The van der Waals surface area contributed by atoms with E-state index in [1.165, 1.54) is 32.4 Å². The van der Waals surface area contributed by atoms with Crippen molar-refractivity contribution in [3.05, 3.63) is 0 Å². The fourth-order valence-corrected chi connectivity index (χ4v) is 2.67. The van der Waals surface area contributed by atoms with Gasteiger partial charge < -0.3 is 15.3 Å². The van der Waals surface area contributed by atoms with E-state index < -0.39 is 5.60 Å². The maximum Gasteiger partial charge on any atom is 0.0603 e. The van der Waals surface area contributed by atoms with Gasteiger partial charge in [-0.05, 0) is 65.5 Å². The highest BCUT2D eigenvalue weighted by Gasteiger charge is 2.25. The number of likely N-dealkylation sites (tertiary alicyclic amines) is 1. The number of piperidine rings is 1. The first-order valence-corrected chi connectivity index (χ1v) is 7.60. The lowest BCUT2D eigenvalue weighted by Gasteiger charge is -2.37. The number of aliphatic hydroxyl groups is 1. The van der Waals surface area contributed by atoms with Crippen LogP contribution in [0.5, 0.6) is 0 Å². The molecule has 0 saturated carbocycles. The number of hydrogen-bond donors (Lipinski definition) is 2. The van der Waals surface area contributed by atoms with Crippen LogP contribution in [0.4, 0.5) is 0 Å². The summed E-state index contributed by atoms with van der Waals surface area (Å²) in [5.74, 6) is 0.770. The summed E-state index contributed by atoms with van der Waals surface area (Å²) in [7, 11) is 0. The van der Waals surface area contributed by atoms with E-state index in [2.05, 4.69) is 24.1 Å². The highest BCUT2D eigenvalue weighted by molar-refractivity contribution is 4.81. The molecule has 1 aliphatic rings. The summed E-state index contributed by atoms with van der Waals surface area (Å²) >= 11 is 0. The predicted molar refractivity (Wildman–Crippen MR) is 77.8 cm³/mol. The first-order valence-electron chi connectivity index (χ1n) is 7.60. The van der Waals surface area contributed by atoms with Crippen molar-refractivity contribution in [3.63, 3.8) is 0 Å². The Morgan fingerprint density at radius 3 is 2.78 bits per heavy atom. The lowest BCUT2D eigenvalue weighted by atomic mass is 9.91. The molecule has 2 atom stereocenters. The van der Waals surface area contributed by atoms with Crippen LogP contribution in [0.15, 0.2) is 0 Å². The van der Waals surface area contributed by atoms with Crippen molar-refractivity contribution in [2.45, 2.75) is 65.0 Å². The molecule has 1 heterocycles. The summed E-state index contributed by atoms with van der Waals surface area (Å²) in [5.41, 5.74) is -0.529. The average Bonchev–Trinajstić information content (AvgIpc) is 2.33. The Morgan fingerprint density at radius 2 is 2.17 bits per heavy atom. The summed E-state index contributed by atoms with van der Waals surface area (Å²) in [6, 6.07) is 0.620. The average molecular weight is 256 g/mol. The van der Waals surface area contributed by atoms with Crippen LogP contribution in [0, 0.1) is 5.92 Å². The summed E-state index contributed by atoms with van der Waals surface area (Å²) in [6.07, 6.45) is 4.72. The standard InChI is InChI=1S/C15H32N2O/c1-5-9-16-13(2)14-7-6-10-17(12-14)11-8-15(3,4)18/h13-14,16,18H,5-12H2,1-4H3. The van der Waals surface area contributed by atoms with Crippen LogP contribution >= 0.6 is 0 Å². The van der Waals surface area contributed by atoms with Gasteiger partial charge in [0.15, 0.2) is 0 Å². The summed E-state index contributed by atoms with van der Waals surface area (Å²) in [4.78, 5) is 2.52. The van der Waals surface area contributed by atoms with Gasteiger partial charge in [-0.1, -0.05) is 6.92 Å². The van der Waals surface area contributed by atoms with Gasteiger partial charge in [0, 0.05) is 19.1 Å². The lowest BCUT2D eigenvalue weighted by molar-refractivity contribution is 0.0485. The molecule has 0 radical (unpaired) electrons. The van der Waals surface area contributed by atoms with Gasteiger partial charge in [-0.15, -0.1) is 0 Å². The number of nitrogens with one attached hydrogen (secondary N) is 1. The van der Waals surface area contributed by atoms with Crippen molar-refractivity contribution < 1.29 is 5.11 Å². The van der Waals surface area contributed by atoms with Gasteiger partial charge in [-0.25, -0.2) is 0 Å².